The second-order valence-electron chi connectivity index (χ2n) is 5.05. The molecule has 1 aromatic heterocycles. The van der Waals surface area contributed by atoms with Gasteiger partial charge in [-0.15, -0.1) is 0 Å². The van der Waals surface area contributed by atoms with Crippen molar-refractivity contribution in [3.05, 3.63) is 74.9 Å². The van der Waals surface area contributed by atoms with Crippen molar-refractivity contribution in [1.82, 2.24) is 4.57 Å². The molecule has 0 aliphatic carbocycles. The number of hydrogen-bond acceptors (Lipinski definition) is 1. The van der Waals surface area contributed by atoms with Crippen molar-refractivity contribution in [3.63, 3.8) is 0 Å². The maximum atomic E-state index is 14.1. The van der Waals surface area contributed by atoms with Gasteiger partial charge in [0, 0.05) is 11.8 Å². The Morgan fingerprint density at radius 1 is 1.04 bits per heavy atom. The third-order valence-corrected chi connectivity index (χ3v) is 4.03. The average Bonchev–Trinajstić information content (AvgIpc) is 2.53. The van der Waals surface area contributed by atoms with Gasteiger partial charge in [-0.1, -0.05) is 24.6 Å². The van der Waals surface area contributed by atoms with Crippen LogP contribution in [0.5, 0.6) is 0 Å². The van der Waals surface area contributed by atoms with Crippen LogP contribution in [0.1, 0.15) is 12.6 Å². The van der Waals surface area contributed by atoms with Crippen LogP contribution in [-0.2, 0) is 6.42 Å². The van der Waals surface area contributed by atoms with E-state index in [0.717, 1.165) is 28.8 Å². The van der Waals surface area contributed by atoms with Gasteiger partial charge in [0.15, 0.2) is 0 Å². The third-order valence-electron chi connectivity index (χ3n) is 3.66. The summed E-state index contributed by atoms with van der Waals surface area (Å²) in [5.74, 6) is -2.18. The molecule has 23 heavy (non-hydrogen) atoms. The Morgan fingerprint density at radius 2 is 1.74 bits per heavy atom. The van der Waals surface area contributed by atoms with Crippen molar-refractivity contribution in [2.45, 2.75) is 13.3 Å². The maximum absolute atomic E-state index is 14.1. The lowest BCUT2D eigenvalue weighted by Gasteiger charge is -2.15. The quantitative estimate of drug-likeness (QED) is 0.668. The van der Waals surface area contributed by atoms with Gasteiger partial charge in [-0.05, 0) is 36.1 Å². The fourth-order valence-corrected chi connectivity index (χ4v) is 2.82. The predicted octanol–water partition coefficient (Wildman–Crippen LogP) is 4.62. The summed E-state index contributed by atoms with van der Waals surface area (Å²) in [5, 5.41) is 0.0551. The van der Waals surface area contributed by atoms with Crippen molar-refractivity contribution in [2.75, 3.05) is 0 Å². The minimum absolute atomic E-state index is 0.0625. The molecule has 0 amide bonds. The molecule has 0 saturated carbocycles. The van der Waals surface area contributed by atoms with Crippen LogP contribution in [0.3, 0.4) is 0 Å². The van der Waals surface area contributed by atoms with Crippen molar-refractivity contribution >= 4 is 22.4 Å². The summed E-state index contributed by atoms with van der Waals surface area (Å²) >= 11 is 5.90. The van der Waals surface area contributed by atoms with Gasteiger partial charge in [-0.3, -0.25) is 9.36 Å². The smallest absolute Gasteiger partial charge is 0.264 e. The number of fused-ring (bicyclic) bond motifs is 1. The molecule has 0 radical (unpaired) electrons. The van der Waals surface area contributed by atoms with Crippen molar-refractivity contribution in [2.24, 2.45) is 0 Å². The first-order chi connectivity index (χ1) is 10.9. The minimum Gasteiger partial charge on any atom is -0.278 e. The SMILES string of the molecule is CCc1cc2ccc(F)c(Cl)c2c(=O)n1-c1cc(F)ccc1F. The lowest BCUT2D eigenvalue weighted by atomic mass is 10.1. The maximum Gasteiger partial charge on any atom is 0.264 e. The van der Waals surface area contributed by atoms with Crippen molar-refractivity contribution in [3.8, 4) is 5.69 Å². The molecule has 0 atom stereocenters. The molecule has 1 heterocycles. The Balaban J connectivity index is 2.49. The van der Waals surface area contributed by atoms with Crippen molar-refractivity contribution in [1.29, 1.82) is 0 Å². The number of rotatable bonds is 2. The van der Waals surface area contributed by atoms with Gasteiger partial charge in [0.1, 0.15) is 17.5 Å². The summed E-state index contributed by atoms with van der Waals surface area (Å²) in [6.07, 6.45) is 0.399. The summed E-state index contributed by atoms with van der Waals surface area (Å²) in [7, 11) is 0. The molecule has 3 rings (SSSR count). The first kappa shape index (κ1) is 15.6. The summed E-state index contributed by atoms with van der Waals surface area (Å²) in [5.41, 5.74) is -0.447. The number of aromatic nitrogens is 1. The van der Waals surface area contributed by atoms with Crippen LogP contribution in [-0.4, -0.2) is 4.57 Å². The molecule has 2 aromatic carbocycles. The Bertz CT molecular complexity index is 982. The molecule has 0 aliphatic heterocycles. The fraction of sp³-hybridized carbons (Fsp3) is 0.118. The molecular weight excluding hydrogens is 327 g/mol. The van der Waals surface area contributed by atoms with E-state index in [1.54, 1.807) is 13.0 Å². The predicted molar refractivity (Wildman–Crippen MR) is 83.8 cm³/mol. The van der Waals surface area contributed by atoms with Gasteiger partial charge in [0.2, 0.25) is 0 Å². The summed E-state index contributed by atoms with van der Waals surface area (Å²) < 4.78 is 42.3. The van der Waals surface area contributed by atoms with Crippen LogP contribution in [0.15, 0.2) is 41.2 Å². The van der Waals surface area contributed by atoms with E-state index in [2.05, 4.69) is 0 Å². The summed E-state index contributed by atoms with van der Waals surface area (Å²) in [6.45, 7) is 1.78. The van der Waals surface area contributed by atoms with E-state index in [1.165, 1.54) is 6.07 Å². The van der Waals surface area contributed by atoms with E-state index in [4.69, 9.17) is 11.6 Å². The number of pyridine rings is 1. The highest BCUT2D eigenvalue weighted by atomic mass is 35.5. The molecule has 0 fully saturated rings. The Hall–Kier alpha value is -2.27. The first-order valence-corrected chi connectivity index (χ1v) is 7.30. The fourth-order valence-electron chi connectivity index (χ4n) is 2.57. The largest absolute Gasteiger partial charge is 0.278 e. The van der Waals surface area contributed by atoms with Gasteiger partial charge in [0.25, 0.3) is 5.56 Å². The van der Waals surface area contributed by atoms with E-state index in [1.807, 2.05) is 0 Å². The highest BCUT2D eigenvalue weighted by Gasteiger charge is 2.17. The number of hydrogen-bond donors (Lipinski definition) is 0. The van der Waals surface area contributed by atoms with E-state index in [0.29, 0.717) is 17.5 Å². The zero-order chi connectivity index (χ0) is 16.7. The van der Waals surface area contributed by atoms with Gasteiger partial charge >= 0.3 is 0 Å². The molecule has 0 bridgehead atoms. The summed E-state index contributed by atoms with van der Waals surface area (Å²) in [4.78, 5) is 12.8. The molecule has 6 heteroatoms. The molecule has 0 N–H and O–H groups in total. The second kappa shape index (κ2) is 5.74. The van der Waals surface area contributed by atoms with E-state index in [-0.39, 0.29) is 16.1 Å². The lowest BCUT2D eigenvalue weighted by molar-refractivity contribution is 0.589. The van der Waals surface area contributed by atoms with Crippen LogP contribution >= 0.6 is 11.6 Å². The Labute approximate surface area is 134 Å². The normalized spacial score (nSPS) is 11.2. The van der Waals surface area contributed by atoms with Crippen LogP contribution in [0.25, 0.3) is 16.5 Å². The average molecular weight is 338 g/mol. The van der Waals surface area contributed by atoms with E-state index in [9.17, 15) is 18.0 Å². The molecule has 0 aliphatic rings. The first-order valence-electron chi connectivity index (χ1n) is 6.92. The van der Waals surface area contributed by atoms with Crippen LogP contribution in [0, 0.1) is 17.5 Å². The van der Waals surface area contributed by atoms with Crippen LogP contribution in [0.4, 0.5) is 13.2 Å². The molecule has 0 saturated heterocycles. The molecule has 2 nitrogen and oxygen atoms in total. The zero-order valence-corrected chi connectivity index (χ0v) is 12.8. The zero-order valence-electron chi connectivity index (χ0n) is 12.0. The number of aryl methyl sites for hydroxylation is 1. The monoisotopic (exact) mass is 337 g/mol. The topological polar surface area (TPSA) is 22.0 Å². The van der Waals surface area contributed by atoms with Gasteiger partial charge in [-0.25, -0.2) is 13.2 Å². The van der Waals surface area contributed by atoms with E-state index >= 15 is 0 Å². The Kier molecular flexibility index (Phi) is 3.90. The minimum atomic E-state index is -0.755. The van der Waals surface area contributed by atoms with Gasteiger partial charge < -0.3 is 0 Å². The number of halogens is 4. The van der Waals surface area contributed by atoms with Crippen molar-refractivity contribution < 1.29 is 13.2 Å². The van der Waals surface area contributed by atoms with Gasteiger partial charge in [-0.2, -0.15) is 0 Å². The summed E-state index contributed by atoms with van der Waals surface area (Å²) in [6, 6.07) is 7.04. The number of nitrogens with zero attached hydrogens (tertiary/aromatic N) is 1. The molecule has 118 valence electrons. The second-order valence-corrected chi connectivity index (χ2v) is 5.43. The lowest BCUT2D eigenvalue weighted by Crippen LogP contribution is -2.23. The molecule has 0 unspecified atom stereocenters. The number of benzene rings is 2. The van der Waals surface area contributed by atoms with E-state index < -0.39 is 23.0 Å². The Morgan fingerprint density at radius 3 is 2.43 bits per heavy atom. The molecular formula is C17H11ClF3NO. The standard InChI is InChI=1S/C17H11ClF3NO/c1-2-11-7-9-3-5-13(21)16(18)15(9)17(23)22(11)14-8-10(19)4-6-12(14)20/h3-8H,2H2,1H3. The highest BCUT2D eigenvalue weighted by molar-refractivity contribution is 6.35. The van der Waals surface area contributed by atoms with Crippen LogP contribution < -0.4 is 5.56 Å². The highest BCUT2D eigenvalue weighted by Crippen LogP contribution is 2.26. The molecule has 0 spiro atoms. The van der Waals surface area contributed by atoms with Gasteiger partial charge in [0.05, 0.1) is 16.1 Å². The third kappa shape index (κ3) is 2.51. The van der Waals surface area contributed by atoms with Crippen LogP contribution in [0.2, 0.25) is 5.02 Å². The molecule has 3 aromatic rings.